The van der Waals surface area contributed by atoms with Crippen molar-refractivity contribution in [2.24, 2.45) is 5.92 Å². The molecule has 1 aromatic heterocycles. The number of amides is 1. The number of pyridine rings is 1. The Bertz CT molecular complexity index is 1710. The maximum Gasteiger partial charge on any atom is 0.309 e. The number of aliphatic carboxylic acids is 1. The summed E-state index contributed by atoms with van der Waals surface area (Å²) in [4.78, 5) is 34.4. The standard InChI is InChI=1S/C36H42N4O5S/c1-6-44-30-20-24(11-14-29(30)45-21(2)3)32(39-25-12-13-26-23(19-25)15-17-38-34(26)37)35(41)40-18-16-28(36(42)43)33(40)27-9-7-8-10-31(27)46-22(4)5/h7-15,17,19-22,28,32-33,39H,6,16,18H2,1-5H3,(H2,37,38)(H,42,43). The average Bonchev–Trinajstić information content (AvgIpc) is 3.46. The van der Waals surface area contributed by atoms with Crippen LogP contribution in [0.3, 0.4) is 0 Å². The maximum atomic E-state index is 14.8. The number of aromatic nitrogens is 1. The van der Waals surface area contributed by atoms with Crippen LogP contribution in [0.5, 0.6) is 11.5 Å². The van der Waals surface area contributed by atoms with E-state index in [1.807, 2.05) is 87.5 Å². The van der Waals surface area contributed by atoms with E-state index in [2.05, 4.69) is 24.1 Å². The number of carbonyl (C=O) groups is 2. The Morgan fingerprint density at radius 2 is 1.85 bits per heavy atom. The minimum absolute atomic E-state index is 0.0674. The number of fused-ring (bicyclic) bond motifs is 1. The van der Waals surface area contributed by atoms with Crippen molar-refractivity contribution in [3.63, 3.8) is 0 Å². The maximum absolute atomic E-state index is 14.8. The van der Waals surface area contributed by atoms with E-state index >= 15 is 0 Å². The Balaban J connectivity index is 1.60. The van der Waals surface area contributed by atoms with Crippen LogP contribution in [0.4, 0.5) is 11.5 Å². The quantitative estimate of drug-likeness (QED) is 0.136. The van der Waals surface area contributed by atoms with Crippen molar-refractivity contribution in [2.75, 3.05) is 24.2 Å². The van der Waals surface area contributed by atoms with E-state index < -0.39 is 24.0 Å². The zero-order chi connectivity index (χ0) is 33.0. The molecule has 5 rings (SSSR count). The Kier molecular flexibility index (Phi) is 10.3. The van der Waals surface area contributed by atoms with E-state index in [0.717, 1.165) is 21.2 Å². The number of ether oxygens (including phenoxy) is 2. The van der Waals surface area contributed by atoms with Gasteiger partial charge in [-0.3, -0.25) is 9.59 Å². The zero-order valence-corrected chi connectivity index (χ0v) is 27.7. The van der Waals surface area contributed by atoms with Gasteiger partial charge in [0, 0.05) is 34.0 Å². The molecule has 1 amide bonds. The number of likely N-dealkylation sites (tertiary alicyclic amines) is 1. The summed E-state index contributed by atoms with van der Waals surface area (Å²) < 4.78 is 12.0. The minimum Gasteiger partial charge on any atom is -0.490 e. The Hall–Kier alpha value is -4.44. The van der Waals surface area contributed by atoms with Gasteiger partial charge in [-0.2, -0.15) is 0 Å². The molecule has 0 radical (unpaired) electrons. The van der Waals surface area contributed by atoms with E-state index in [1.165, 1.54) is 0 Å². The SMILES string of the molecule is CCOc1cc(C(Nc2ccc3c(N)nccc3c2)C(=O)N2CCC(C(=O)O)C2c2ccccc2SC(C)C)ccc1OC(C)C. The fourth-order valence-electron chi connectivity index (χ4n) is 6.00. The monoisotopic (exact) mass is 642 g/mol. The third-order valence-electron chi connectivity index (χ3n) is 7.92. The van der Waals surface area contributed by atoms with Crippen molar-refractivity contribution in [1.29, 1.82) is 0 Å². The Morgan fingerprint density at radius 3 is 2.57 bits per heavy atom. The van der Waals surface area contributed by atoms with Crippen LogP contribution < -0.4 is 20.5 Å². The molecule has 1 fully saturated rings. The number of nitrogens with two attached hydrogens (primary N) is 1. The number of carboxylic acid groups (broad SMARTS) is 1. The first-order valence-electron chi connectivity index (χ1n) is 15.7. The van der Waals surface area contributed by atoms with Crippen LogP contribution in [-0.4, -0.2) is 51.4 Å². The molecular formula is C36H42N4O5S. The summed E-state index contributed by atoms with van der Waals surface area (Å²) in [5, 5.41) is 15.8. The average molecular weight is 643 g/mol. The van der Waals surface area contributed by atoms with Crippen molar-refractivity contribution in [3.05, 3.63) is 84.1 Å². The van der Waals surface area contributed by atoms with E-state index in [9.17, 15) is 14.7 Å². The van der Waals surface area contributed by atoms with E-state index in [4.69, 9.17) is 15.2 Å². The zero-order valence-electron chi connectivity index (χ0n) is 26.9. The summed E-state index contributed by atoms with van der Waals surface area (Å²) in [6.45, 7) is 10.7. The number of hydrogen-bond donors (Lipinski definition) is 3. The predicted octanol–water partition coefficient (Wildman–Crippen LogP) is 7.33. The van der Waals surface area contributed by atoms with Crippen LogP contribution in [0.2, 0.25) is 0 Å². The fraction of sp³-hybridized carbons (Fsp3) is 0.361. The molecular weight excluding hydrogens is 600 g/mol. The number of nitrogen functional groups attached to an aromatic ring is 1. The van der Waals surface area contributed by atoms with Crippen molar-refractivity contribution >= 4 is 45.9 Å². The third kappa shape index (κ3) is 7.17. The second kappa shape index (κ2) is 14.3. The number of hydrogen-bond acceptors (Lipinski definition) is 8. The summed E-state index contributed by atoms with van der Waals surface area (Å²) in [5.41, 5.74) is 8.33. The van der Waals surface area contributed by atoms with Gasteiger partial charge in [0.1, 0.15) is 11.9 Å². The highest BCUT2D eigenvalue weighted by atomic mass is 32.2. The van der Waals surface area contributed by atoms with Gasteiger partial charge in [0.15, 0.2) is 11.5 Å². The first-order chi connectivity index (χ1) is 22.1. The van der Waals surface area contributed by atoms with Gasteiger partial charge < -0.3 is 30.5 Å². The lowest BCUT2D eigenvalue weighted by atomic mass is 9.93. The van der Waals surface area contributed by atoms with Crippen LogP contribution in [0.15, 0.2) is 77.8 Å². The minimum atomic E-state index is -0.913. The lowest BCUT2D eigenvalue weighted by Gasteiger charge is -2.33. The summed E-state index contributed by atoms with van der Waals surface area (Å²) in [6, 6.07) is 19.4. The van der Waals surface area contributed by atoms with Crippen molar-refractivity contribution in [3.8, 4) is 11.5 Å². The number of anilines is 2. The molecule has 3 atom stereocenters. The number of rotatable bonds is 12. The summed E-state index contributed by atoms with van der Waals surface area (Å²) in [5.74, 6) is -0.335. The van der Waals surface area contributed by atoms with Gasteiger partial charge in [0.2, 0.25) is 5.91 Å². The molecule has 1 aliphatic heterocycles. The Morgan fingerprint density at radius 1 is 1.07 bits per heavy atom. The molecule has 3 aromatic carbocycles. The normalized spacial score (nSPS) is 17.0. The highest BCUT2D eigenvalue weighted by molar-refractivity contribution is 8.00. The molecule has 0 saturated carbocycles. The van der Waals surface area contributed by atoms with Crippen molar-refractivity contribution in [2.45, 2.75) is 69.4 Å². The van der Waals surface area contributed by atoms with E-state index in [0.29, 0.717) is 48.1 Å². The molecule has 9 nitrogen and oxygen atoms in total. The molecule has 4 aromatic rings. The molecule has 2 heterocycles. The summed E-state index contributed by atoms with van der Waals surface area (Å²) in [6.07, 6.45) is 1.94. The molecule has 1 saturated heterocycles. The van der Waals surface area contributed by atoms with Crippen LogP contribution >= 0.6 is 11.8 Å². The van der Waals surface area contributed by atoms with Gasteiger partial charge in [-0.1, -0.05) is 38.1 Å². The fourth-order valence-corrected chi connectivity index (χ4v) is 6.99. The van der Waals surface area contributed by atoms with Crippen molar-refractivity contribution in [1.82, 2.24) is 9.88 Å². The molecule has 1 aliphatic rings. The number of nitrogens with one attached hydrogen (secondary N) is 1. The highest BCUT2D eigenvalue weighted by Crippen LogP contribution is 2.44. The Labute approximate surface area is 274 Å². The van der Waals surface area contributed by atoms with E-state index in [-0.39, 0.29) is 17.3 Å². The second-order valence-corrected chi connectivity index (χ2v) is 13.5. The molecule has 242 valence electrons. The number of benzene rings is 3. The largest absolute Gasteiger partial charge is 0.490 e. The first kappa shape index (κ1) is 32.9. The topological polar surface area (TPSA) is 127 Å². The van der Waals surface area contributed by atoms with Crippen LogP contribution in [0.25, 0.3) is 10.8 Å². The van der Waals surface area contributed by atoms with Gasteiger partial charge in [-0.25, -0.2) is 4.98 Å². The number of carboxylic acids is 1. The lowest BCUT2D eigenvalue weighted by Crippen LogP contribution is -2.39. The molecule has 0 aliphatic carbocycles. The first-order valence-corrected chi connectivity index (χ1v) is 16.6. The predicted molar refractivity (Wildman–Crippen MR) is 184 cm³/mol. The molecule has 3 unspecified atom stereocenters. The van der Waals surface area contributed by atoms with Crippen LogP contribution in [0, 0.1) is 5.92 Å². The van der Waals surface area contributed by atoms with Gasteiger partial charge in [-0.15, -0.1) is 11.8 Å². The molecule has 0 bridgehead atoms. The van der Waals surface area contributed by atoms with E-state index in [1.54, 1.807) is 22.9 Å². The molecule has 10 heteroatoms. The summed E-state index contributed by atoms with van der Waals surface area (Å²) >= 11 is 1.67. The van der Waals surface area contributed by atoms with Gasteiger partial charge >= 0.3 is 5.97 Å². The molecule has 46 heavy (non-hydrogen) atoms. The molecule has 4 N–H and O–H groups in total. The van der Waals surface area contributed by atoms with Gasteiger partial charge in [0.25, 0.3) is 0 Å². The highest BCUT2D eigenvalue weighted by Gasteiger charge is 2.45. The van der Waals surface area contributed by atoms with Crippen molar-refractivity contribution < 1.29 is 24.2 Å². The number of carbonyl (C=O) groups excluding carboxylic acids is 1. The smallest absolute Gasteiger partial charge is 0.309 e. The van der Waals surface area contributed by atoms with Gasteiger partial charge in [0.05, 0.1) is 24.7 Å². The van der Waals surface area contributed by atoms with Crippen LogP contribution in [0.1, 0.15) is 64.3 Å². The van der Waals surface area contributed by atoms with Gasteiger partial charge in [-0.05, 0) is 86.2 Å². The lowest BCUT2D eigenvalue weighted by molar-refractivity contribution is -0.143. The summed E-state index contributed by atoms with van der Waals surface area (Å²) in [7, 11) is 0. The molecule has 0 spiro atoms. The second-order valence-electron chi connectivity index (χ2n) is 11.9. The number of thioether (sulfide) groups is 1. The van der Waals surface area contributed by atoms with Crippen LogP contribution in [-0.2, 0) is 9.59 Å². The number of nitrogens with zero attached hydrogens (tertiary/aromatic N) is 2. The third-order valence-corrected chi connectivity index (χ3v) is 9.01.